The molecule has 7 heteroatoms. The van der Waals surface area contributed by atoms with E-state index in [4.69, 9.17) is 4.42 Å². The zero-order valence-electron chi connectivity index (χ0n) is 12.4. The normalized spacial score (nSPS) is 15.1. The summed E-state index contributed by atoms with van der Waals surface area (Å²) in [6.45, 7) is 6.65. The van der Waals surface area contributed by atoms with E-state index in [1.54, 1.807) is 11.9 Å². The number of hydrogen-bond donors (Lipinski definition) is 1. The Morgan fingerprint density at radius 3 is 2.75 bits per heavy atom. The fraction of sp³-hybridized carbons (Fsp3) is 0.769. The summed E-state index contributed by atoms with van der Waals surface area (Å²) >= 11 is 0. The number of rotatable bonds is 6. The summed E-state index contributed by atoms with van der Waals surface area (Å²) < 4.78 is 5.53. The van der Waals surface area contributed by atoms with E-state index in [0.717, 1.165) is 25.9 Å². The molecule has 0 saturated carbocycles. The lowest BCUT2D eigenvalue weighted by Gasteiger charge is -2.19. The molecule has 1 saturated heterocycles. The summed E-state index contributed by atoms with van der Waals surface area (Å²) in [5, 5.41) is 11.2. The largest absolute Gasteiger partial charge is 0.407 e. The molecule has 0 aliphatic carbocycles. The first-order chi connectivity index (χ1) is 9.56. The Morgan fingerprint density at radius 2 is 2.10 bits per heavy atom. The van der Waals surface area contributed by atoms with Gasteiger partial charge in [-0.2, -0.15) is 0 Å². The zero-order valence-corrected chi connectivity index (χ0v) is 12.4. The molecular weight excluding hydrogens is 258 g/mol. The molecule has 1 amide bonds. The lowest BCUT2D eigenvalue weighted by Crippen LogP contribution is -2.37. The number of nitrogens with one attached hydrogen (secondary N) is 1. The summed E-state index contributed by atoms with van der Waals surface area (Å²) in [7, 11) is 1.79. The van der Waals surface area contributed by atoms with Crippen LogP contribution in [0, 0.1) is 0 Å². The monoisotopic (exact) mass is 281 g/mol. The van der Waals surface area contributed by atoms with Gasteiger partial charge in [0.1, 0.15) is 6.54 Å². The first-order valence-electron chi connectivity index (χ1n) is 7.11. The van der Waals surface area contributed by atoms with Gasteiger partial charge in [-0.05, 0) is 12.8 Å². The predicted molar refractivity (Wildman–Crippen MR) is 75.4 cm³/mol. The van der Waals surface area contributed by atoms with Gasteiger partial charge < -0.3 is 19.5 Å². The Kier molecular flexibility index (Phi) is 4.94. The molecule has 1 aromatic heterocycles. The topological polar surface area (TPSA) is 74.5 Å². The van der Waals surface area contributed by atoms with Gasteiger partial charge in [0.25, 0.3) is 0 Å². The van der Waals surface area contributed by atoms with Crippen LogP contribution in [0.2, 0.25) is 0 Å². The number of carbonyl (C=O) groups is 1. The quantitative estimate of drug-likeness (QED) is 0.824. The summed E-state index contributed by atoms with van der Waals surface area (Å²) in [6.07, 6.45) is 2.20. The van der Waals surface area contributed by atoms with Gasteiger partial charge in [0.15, 0.2) is 0 Å². The van der Waals surface area contributed by atoms with Gasteiger partial charge in [0.05, 0.1) is 6.54 Å². The van der Waals surface area contributed by atoms with Crippen molar-refractivity contribution in [3.05, 3.63) is 5.89 Å². The van der Waals surface area contributed by atoms with E-state index in [2.05, 4.69) is 29.4 Å². The average Bonchev–Trinajstić information content (AvgIpc) is 3.07. The summed E-state index contributed by atoms with van der Waals surface area (Å²) in [5.74, 6) is 0.652. The molecule has 0 unspecified atom stereocenters. The molecule has 0 spiro atoms. The molecule has 0 atom stereocenters. The first-order valence-corrected chi connectivity index (χ1v) is 7.11. The Hall–Kier alpha value is -1.63. The fourth-order valence-corrected chi connectivity index (χ4v) is 2.10. The number of amides is 1. The van der Waals surface area contributed by atoms with Crippen molar-refractivity contribution in [3.8, 4) is 0 Å². The van der Waals surface area contributed by atoms with Crippen LogP contribution in [-0.4, -0.2) is 53.7 Å². The fourth-order valence-electron chi connectivity index (χ4n) is 2.10. The second-order valence-corrected chi connectivity index (χ2v) is 5.46. The second kappa shape index (κ2) is 6.69. The van der Waals surface area contributed by atoms with E-state index in [9.17, 15) is 4.79 Å². The highest BCUT2D eigenvalue weighted by Crippen LogP contribution is 2.12. The molecule has 0 aromatic carbocycles. The number of nitrogens with zero attached hydrogens (tertiary/aromatic N) is 4. The molecule has 1 N–H and O–H groups in total. The molecule has 2 heterocycles. The standard InChI is InChI=1S/C13H23N5O2/c1-10(2)14-8-11-15-16-13(20-11)17(3)9-12(19)18-6-4-5-7-18/h10,14H,4-9H2,1-3H3. The van der Waals surface area contributed by atoms with Crippen molar-refractivity contribution in [2.45, 2.75) is 39.3 Å². The highest BCUT2D eigenvalue weighted by molar-refractivity contribution is 5.80. The average molecular weight is 281 g/mol. The van der Waals surface area contributed by atoms with Crippen molar-refractivity contribution in [2.24, 2.45) is 0 Å². The van der Waals surface area contributed by atoms with Crippen LogP contribution >= 0.6 is 0 Å². The van der Waals surface area contributed by atoms with Gasteiger partial charge >= 0.3 is 6.01 Å². The lowest BCUT2D eigenvalue weighted by atomic mass is 10.4. The summed E-state index contributed by atoms with van der Waals surface area (Å²) in [6, 6.07) is 0.748. The number of likely N-dealkylation sites (N-methyl/N-ethyl adjacent to an activating group) is 1. The van der Waals surface area contributed by atoms with Crippen LogP contribution in [0.3, 0.4) is 0 Å². The number of anilines is 1. The molecule has 1 aromatic rings. The van der Waals surface area contributed by atoms with Gasteiger partial charge in [0.2, 0.25) is 11.8 Å². The Balaban J connectivity index is 1.85. The van der Waals surface area contributed by atoms with E-state index in [-0.39, 0.29) is 12.5 Å². The molecule has 0 radical (unpaired) electrons. The molecule has 1 fully saturated rings. The van der Waals surface area contributed by atoms with E-state index < -0.39 is 0 Å². The highest BCUT2D eigenvalue weighted by atomic mass is 16.4. The molecule has 2 rings (SSSR count). The number of aromatic nitrogens is 2. The Morgan fingerprint density at radius 1 is 1.40 bits per heavy atom. The maximum absolute atomic E-state index is 12.0. The van der Waals surface area contributed by atoms with Crippen LogP contribution < -0.4 is 10.2 Å². The van der Waals surface area contributed by atoms with Crippen LogP contribution in [0.25, 0.3) is 0 Å². The number of carbonyl (C=O) groups excluding carboxylic acids is 1. The number of likely N-dealkylation sites (tertiary alicyclic amines) is 1. The third-order valence-corrected chi connectivity index (χ3v) is 3.28. The maximum atomic E-state index is 12.0. The molecule has 20 heavy (non-hydrogen) atoms. The van der Waals surface area contributed by atoms with Gasteiger partial charge in [-0.1, -0.05) is 18.9 Å². The van der Waals surface area contributed by atoms with Crippen LogP contribution in [-0.2, 0) is 11.3 Å². The van der Waals surface area contributed by atoms with Crippen LogP contribution in [0.15, 0.2) is 4.42 Å². The predicted octanol–water partition coefficient (Wildman–Crippen LogP) is 0.626. The van der Waals surface area contributed by atoms with Crippen LogP contribution in [0.1, 0.15) is 32.6 Å². The molecule has 0 bridgehead atoms. The summed E-state index contributed by atoms with van der Waals surface area (Å²) in [4.78, 5) is 15.6. The van der Waals surface area contributed by atoms with Crippen molar-refractivity contribution in [1.82, 2.24) is 20.4 Å². The van der Waals surface area contributed by atoms with Crippen LogP contribution in [0.4, 0.5) is 6.01 Å². The van der Waals surface area contributed by atoms with Gasteiger partial charge in [-0.3, -0.25) is 4.79 Å². The smallest absolute Gasteiger partial charge is 0.318 e. The van der Waals surface area contributed by atoms with Crippen LogP contribution in [0.5, 0.6) is 0 Å². The van der Waals surface area contributed by atoms with E-state index >= 15 is 0 Å². The SMILES string of the molecule is CC(C)NCc1nnc(N(C)CC(=O)N2CCCC2)o1. The van der Waals surface area contributed by atoms with Crippen molar-refractivity contribution in [2.75, 3.05) is 31.6 Å². The third kappa shape index (κ3) is 3.93. The van der Waals surface area contributed by atoms with E-state index in [1.165, 1.54) is 0 Å². The highest BCUT2D eigenvalue weighted by Gasteiger charge is 2.21. The first kappa shape index (κ1) is 14.8. The lowest BCUT2D eigenvalue weighted by molar-refractivity contribution is -0.128. The van der Waals surface area contributed by atoms with E-state index in [0.29, 0.717) is 24.5 Å². The van der Waals surface area contributed by atoms with Crippen molar-refractivity contribution >= 4 is 11.9 Å². The number of hydrogen-bond acceptors (Lipinski definition) is 6. The molecule has 1 aliphatic heterocycles. The molecule has 7 nitrogen and oxygen atoms in total. The Labute approximate surface area is 119 Å². The molecular formula is C13H23N5O2. The van der Waals surface area contributed by atoms with Crippen molar-refractivity contribution in [1.29, 1.82) is 0 Å². The molecule has 1 aliphatic rings. The minimum atomic E-state index is 0.116. The van der Waals surface area contributed by atoms with Crippen molar-refractivity contribution in [3.63, 3.8) is 0 Å². The molecule has 112 valence electrons. The van der Waals surface area contributed by atoms with Gasteiger partial charge in [-0.15, -0.1) is 5.10 Å². The third-order valence-electron chi connectivity index (χ3n) is 3.28. The van der Waals surface area contributed by atoms with Crippen molar-refractivity contribution < 1.29 is 9.21 Å². The second-order valence-electron chi connectivity index (χ2n) is 5.46. The zero-order chi connectivity index (χ0) is 14.5. The van der Waals surface area contributed by atoms with E-state index in [1.807, 2.05) is 4.90 Å². The maximum Gasteiger partial charge on any atom is 0.318 e. The van der Waals surface area contributed by atoms with Gasteiger partial charge in [-0.25, -0.2) is 0 Å². The minimum Gasteiger partial charge on any atom is -0.407 e. The summed E-state index contributed by atoms with van der Waals surface area (Å²) in [5.41, 5.74) is 0. The Bertz CT molecular complexity index is 440. The minimum absolute atomic E-state index is 0.116. The van der Waals surface area contributed by atoms with Gasteiger partial charge in [0, 0.05) is 26.2 Å².